The van der Waals surface area contributed by atoms with E-state index in [0.29, 0.717) is 6.07 Å². The van der Waals surface area contributed by atoms with Crippen molar-refractivity contribution in [2.24, 2.45) is 0 Å². The van der Waals surface area contributed by atoms with Gasteiger partial charge in [-0.2, -0.15) is 48.3 Å². The fourth-order valence-corrected chi connectivity index (χ4v) is 3.86. The molecule has 0 amide bonds. The van der Waals surface area contributed by atoms with Crippen LogP contribution in [0.4, 0.5) is 57.1 Å². The van der Waals surface area contributed by atoms with E-state index in [1.165, 1.54) is 0 Å². The van der Waals surface area contributed by atoms with Crippen molar-refractivity contribution in [3.05, 3.63) is 65.4 Å². The van der Waals surface area contributed by atoms with Crippen LogP contribution in [-0.4, -0.2) is 30.1 Å². The first-order chi connectivity index (χ1) is 13.7. The minimum Gasteiger partial charge on any atom is -0.221 e. The van der Waals surface area contributed by atoms with Crippen molar-refractivity contribution in [2.45, 2.75) is 33.5 Å². The van der Waals surface area contributed by atoms with E-state index in [9.17, 15) is 57.1 Å². The van der Waals surface area contributed by atoms with Gasteiger partial charge in [0.2, 0.25) is 0 Å². The smallest absolute Gasteiger partial charge is 0.221 e. The van der Waals surface area contributed by atoms with Gasteiger partial charge in [0, 0.05) is 23.1 Å². The lowest BCUT2D eigenvalue weighted by atomic mass is 9.77. The Labute approximate surface area is 178 Å². The molecule has 1 radical (unpaired) electrons. The maximum atomic E-state index is 14.8. The minimum absolute atomic E-state index is 0.0813. The van der Waals surface area contributed by atoms with E-state index in [-0.39, 0.29) is 12.5 Å². The summed E-state index contributed by atoms with van der Waals surface area (Å²) in [7, 11) is 0. The lowest BCUT2D eigenvalue weighted by molar-refractivity contribution is -0.371. The van der Waals surface area contributed by atoms with E-state index < -0.39 is 62.1 Å². The van der Waals surface area contributed by atoms with Gasteiger partial charge in [-0.05, 0) is 12.1 Å². The molecule has 1 aromatic carbocycles. The minimum atomic E-state index is -7.18. The van der Waals surface area contributed by atoms with Gasteiger partial charge in [-0.3, -0.25) is 0 Å². The molecule has 0 spiro atoms. The molecule has 0 heterocycles. The molecule has 0 bridgehead atoms. The largest absolute Gasteiger partial charge is 0.457 e. The molecular formula is C17H7F13I. The molecule has 0 saturated carbocycles. The average molecular weight is 585 g/mol. The molecule has 31 heavy (non-hydrogen) atoms. The quantitative estimate of drug-likeness (QED) is 0.195. The van der Waals surface area contributed by atoms with E-state index in [1.807, 2.05) is 0 Å². The summed E-state index contributed by atoms with van der Waals surface area (Å²) in [5, 5.41) is 0. The Morgan fingerprint density at radius 3 is 1.65 bits per heavy atom. The summed E-state index contributed by atoms with van der Waals surface area (Å²) in [5.74, 6) is -8.51. The summed E-state index contributed by atoms with van der Waals surface area (Å²) in [6, 6.07) is 3.45. The fraction of sp³-hybridized carbons (Fsp3) is 0.353. The van der Waals surface area contributed by atoms with E-state index in [4.69, 9.17) is 0 Å². The van der Waals surface area contributed by atoms with Gasteiger partial charge in [0.05, 0.1) is 3.42 Å². The first kappa shape index (κ1) is 25.8. The van der Waals surface area contributed by atoms with E-state index >= 15 is 0 Å². The molecule has 2 rings (SSSR count). The zero-order chi connectivity index (χ0) is 24.3. The molecule has 14 heteroatoms. The Balaban J connectivity index is 2.92. The van der Waals surface area contributed by atoms with Crippen LogP contribution < -0.4 is 0 Å². The van der Waals surface area contributed by atoms with Crippen molar-refractivity contribution < 1.29 is 57.1 Å². The topological polar surface area (TPSA) is 0 Å². The fourth-order valence-electron chi connectivity index (χ4n) is 2.75. The van der Waals surface area contributed by atoms with Crippen molar-refractivity contribution in [3.8, 4) is 0 Å². The second-order valence-electron chi connectivity index (χ2n) is 6.32. The van der Waals surface area contributed by atoms with Gasteiger partial charge >= 0.3 is 30.1 Å². The van der Waals surface area contributed by atoms with Crippen LogP contribution in [0.15, 0.2) is 47.6 Å². The SMILES string of the molecule is Fc1ccccc1C1(I)[CH]C(C(F)(F)F)=CC(C(F)(C(F)(F)F)C(F)(F)C(F)(F)F)=C1. The normalized spacial score (nSPS) is 23.2. The Morgan fingerprint density at radius 1 is 0.710 bits per heavy atom. The van der Waals surface area contributed by atoms with Gasteiger partial charge in [-0.1, -0.05) is 46.9 Å². The van der Waals surface area contributed by atoms with Gasteiger partial charge in [0.1, 0.15) is 5.82 Å². The van der Waals surface area contributed by atoms with Crippen LogP contribution >= 0.6 is 22.6 Å². The molecule has 173 valence electrons. The highest BCUT2D eigenvalue weighted by Crippen LogP contribution is 2.59. The van der Waals surface area contributed by atoms with Crippen LogP contribution in [0.2, 0.25) is 0 Å². The number of allylic oxidation sites excluding steroid dienone is 4. The molecular weight excluding hydrogens is 578 g/mol. The molecule has 1 aliphatic carbocycles. The molecule has 0 aliphatic heterocycles. The predicted molar refractivity (Wildman–Crippen MR) is 89.5 cm³/mol. The zero-order valence-corrected chi connectivity index (χ0v) is 16.5. The number of rotatable bonds is 3. The van der Waals surface area contributed by atoms with Crippen molar-refractivity contribution in [3.63, 3.8) is 0 Å². The van der Waals surface area contributed by atoms with Gasteiger partial charge in [0.25, 0.3) is 0 Å². The van der Waals surface area contributed by atoms with E-state index in [1.54, 1.807) is 0 Å². The predicted octanol–water partition coefficient (Wildman–Crippen LogP) is 7.56. The Bertz CT molecular complexity index is 906. The zero-order valence-electron chi connectivity index (χ0n) is 14.3. The maximum Gasteiger partial charge on any atom is 0.457 e. The lowest BCUT2D eigenvalue weighted by Gasteiger charge is -2.40. The van der Waals surface area contributed by atoms with E-state index in [0.717, 1.165) is 40.8 Å². The third kappa shape index (κ3) is 4.27. The summed E-state index contributed by atoms with van der Waals surface area (Å²) in [5.41, 5.74) is -12.3. The van der Waals surface area contributed by atoms with Gasteiger partial charge < -0.3 is 0 Å². The Kier molecular flexibility index (Phi) is 6.27. The number of alkyl halides is 13. The molecule has 0 saturated heterocycles. The maximum absolute atomic E-state index is 14.8. The standard InChI is InChI=1S/C17H7F13I/c18-11-4-2-1-3-10(11)12(31)6-8(5-9(7-12)14(20,21)22)13(19,16(25,26)27)15(23,24)17(28,29)30/h1-7H. The molecule has 0 nitrogen and oxygen atoms in total. The second-order valence-corrected chi connectivity index (χ2v) is 8.10. The third-order valence-corrected chi connectivity index (χ3v) is 5.44. The average Bonchev–Trinajstić information content (AvgIpc) is 2.57. The summed E-state index contributed by atoms with van der Waals surface area (Å²) in [6.07, 6.45) is -20.7. The van der Waals surface area contributed by atoms with Crippen LogP contribution in [-0.2, 0) is 3.42 Å². The Morgan fingerprint density at radius 2 is 1.23 bits per heavy atom. The highest BCUT2D eigenvalue weighted by Gasteiger charge is 2.82. The monoisotopic (exact) mass is 585 g/mol. The molecule has 1 aromatic rings. The molecule has 0 fully saturated rings. The lowest BCUT2D eigenvalue weighted by Crippen LogP contribution is -2.63. The number of hydrogen-bond acceptors (Lipinski definition) is 0. The molecule has 2 unspecified atom stereocenters. The van der Waals surface area contributed by atoms with Crippen molar-refractivity contribution in [2.75, 3.05) is 0 Å². The molecule has 0 N–H and O–H groups in total. The summed E-state index contributed by atoms with van der Waals surface area (Å²) < 4.78 is 171. The van der Waals surface area contributed by atoms with Crippen LogP contribution in [0.25, 0.3) is 0 Å². The third-order valence-electron chi connectivity index (χ3n) is 4.23. The summed E-state index contributed by atoms with van der Waals surface area (Å²) >= 11 is 0.896. The van der Waals surface area contributed by atoms with Crippen LogP contribution in [0.3, 0.4) is 0 Å². The molecule has 2 atom stereocenters. The number of halogens is 14. The molecule has 1 aliphatic rings. The van der Waals surface area contributed by atoms with Gasteiger partial charge in [-0.25, -0.2) is 8.78 Å². The van der Waals surface area contributed by atoms with Crippen LogP contribution in [0.1, 0.15) is 5.56 Å². The Hall–Kier alpha value is -1.48. The first-order valence-electron chi connectivity index (χ1n) is 7.71. The number of hydrogen-bond donors (Lipinski definition) is 0. The summed E-state index contributed by atoms with van der Waals surface area (Å²) in [6.45, 7) is 0. The van der Waals surface area contributed by atoms with Crippen molar-refractivity contribution in [1.29, 1.82) is 0 Å². The van der Waals surface area contributed by atoms with E-state index in [2.05, 4.69) is 0 Å². The van der Waals surface area contributed by atoms with Crippen molar-refractivity contribution >= 4 is 22.6 Å². The summed E-state index contributed by atoms with van der Waals surface area (Å²) in [4.78, 5) is 0. The van der Waals surface area contributed by atoms with Crippen LogP contribution in [0, 0.1) is 12.2 Å². The van der Waals surface area contributed by atoms with Crippen molar-refractivity contribution in [1.82, 2.24) is 0 Å². The van der Waals surface area contributed by atoms with Gasteiger partial charge in [0.15, 0.2) is 0 Å². The highest BCUT2D eigenvalue weighted by molar-refractivity contribution is 14.1. The second kappa shape index (κ2) is 7.54. The van der Waals surface area contributed by atoms with Crippen LogP contribution in [0.5, 0.6) is 0 Å². The first-order valence-corrected chi connectivity index (χ1v) is 8.78. The van der Waals surface area contributed by atoms with Gasteiger partial charge in [-0.15, -0.1) is 0 Å². The molecule has 0 aromatic heterocycles. The number of benzene rings is 1. The highest BCUT2D eigenvalue weighted by atomic mass is 127.